The molecule has 0 fully saturated rings. The predicted molar refractivity (Wildman–Crippen MR) is 164 cm³/mol. The topological polar surface area (TPSA) is 212 Å². The molecule has 2 aromatic rings. The third kappa shape index (κ3) is 16.9. The van der Waals surface area contributed by atoms with E-state index in [2.05, 4.69) is 33.8 Å². The summed E-state index contributed by atoms with van der Waals surface area (Å²) in [5, 5.41) is 40.0. The molecule has 0 amide bonds. The van der Waals surface area contributed by atoms with Crippen LogP contribution < -0.4 is 16.4 Å². The van der Waals surface area contributed by atoms with Gasteiger partial charge >= 0.3 is 23.9 Å². The van der Waals surface area contributed by atoms with Crippen molar-refractivity contribution in [3.63, 3.8) is 0 Å². The Balaban J connectivity index is 0.000000454. The maximum atomic E-state index is 9.55. The first-order chi connectivity index (χ1) is 20.0. The van der Waals surface area contributed by atoms with Crippen molar-refractivity contribution in [1.82, 2.24) is 10.6 Å². The van der Waals surface area contributed by atoms with Crippen molar-refractivity contribution in [2.24, 2.45) is 10.7 Å². The van der Waals surface area contributed by atoms with Crippen LogP contribution in [-0.2, 0) is 25.6 Å². The lowest BCUT2D eigenvalue weighted by Crippen LogP contribution is -2.32. The molecule has 0 atom stereocenters. The van der Waals surface area contributed by atoms with Gasteiger partial charge in [-0.05, 0) is 41.6 Å². The molecule has 3 rings (SSSR count). The molecule has 222 valence electrons. The molecule has 0 saturated heterocycles. The maximum absolute atomic E-state index is 9.55. The minimum absolute atomic E-state index is 0.558. The van der Waals surface area contributed by atoms with Gasteiger partial charge in [-0.15, -0.1) is 11.3 Å². The summed E-state index contributed by atoms with van der Waals surface area (Å²) in [5.41, 5.74) is 9.20. The summed E-state index contributed by atoms with van der Waals surface area (Å²) < 4.78 is 0. The molecule has 0 unspecified atom stereocenters. The first-order valence-corrected chi connectivity index (χ1v) is 13.4. The van der Waals surface area contributed by atoms with E-state index in [1.165, 1.54) is 5.56 Å². The lowest BCUT2D eigenvalue weighted by atomic mass is 10.1. The van der Waals surface area contributed by atoms with E-state index in [1.807, 2.05) is 41.8 Å². The van der Waals surface area contributed by atoms with Crippen LogP contribution in [0.4, 0.5) is 5.69 Å². The molecule has 0 bridgehead atoms. The van der Waals surface area contributed by atoms with E-state index < -0.39 is 23.9 Å². The van der Waals surface area contributed by atoms with Crippen molar-refractivity contribution >= 4 is 63.8 Å². The zero-order valence-corrected chi connectivity index (χ0v) is 23.8. The van der Waals surface area contributed by atoms with Gasteiger partial charge < -0.3 is 31.5 Å². The lowest BCUT2D eigenvalue weighted by molar-refractivity contribution is -0.134. The Hall–Kier alpha value is -4.92. The molecule has 42 heavy (non-hydrogen) atoms. The Morgan fingerprint density at radius 3 is 1.98 bits per heavy atom. The number of aliphatic carboxylic acids is 4. The molecule has 1 aromatic heterocycles. The number of hydrogen-bond donors (Lipinski definition) is 7. The minimum atomic E-state index is -1.26. The Morgan fingerprint density at radius 2 is 1.50 bits per heavy atom. The van der Waals surface area contributed by atoms with E-state index in [0.29, 0.717) is 36.8 Å². The van der Waals surface area contributed by atoms with Gasteiger partial charge in [-0.25, -0.2) is 24.2 Å². The van der Waals surface area contributed by atoms with Crippen molar-refractivity contribution in [3.05, 3.63) is 100 Å². The number of carboxylic acid groups (broad SMARTS) is 4. The first kappa shape index (κ1) is 35.1. The van der Waals surface area contributed by atoms with Crippen LogP contribution in [-0.4, -0.2) is 68.2 Å². The summed E-state index contributed by atoms with van der Waals surface area (Å²) in [6, 6.07) is 12.2. The molecule has 0 saturated carbocycles. The standard InChI is InChI=1S/C20H22N4S2.2C4H4O4/c21-20(19-6-3-13-26-19)24-16-9-7-15(8-10-16)11-12-22-14-23-17-4-1-2-5-18(17)25;2*5-3(6)1-2-4(7)8/h1-4,6-10,13,22-23H,5,11-12,14H2,(H2,21,24);2*1-2H,(H,5,6)(H,7,8)/b;2*2-1+. The van der Waals surface area contributed by atoms with E-state index in [9.17, 15) is 19.2 Å². The normalized spacial score (nSPS) is 12.5. The first-order valence-electron chi connectivity index (χ1n) is 12.1. The predicted octanol–water partition coefficient (Wildman–Crippen LogP) is 3.10. The Bertz CT molecular complexity index is 1300. The Morgan fingerprint density at radius 1 is 0.929 bits per heavy atom. The van der Waals surface area contributed by atoms with Gasteiger partial charge in [-0.2, -0.15) is 0 Å². The van der Waals surface area contributed by atoms with Gasteiger partial charge in [0, 0.05) is 47.8 Å². The number of thiophene rings is 1. The van der Waals surface area contributed by atoms with E-state index >= 15 is 0 Å². The van der Waals surface area contributed by atoms with Crippen LogP contribution >= 0.6 is 23.6 Å². The number of nitrogens with zero attached hydrogens (tertiary/aromatic N) is 1. The van der Waals surface area contributed by atoms with Crippen LogP contribution in [0.2, 0.25) is 0 Å². The summed E-state index contributed by atoms with van der Waals surface area (Å²) in [4.78, 5) is 44.6. The Labute approximate surface area is 250 Å². The number of rotatable bonds is 12. The third-order valence-electron chi connectivity index (χ3n) is 4.69. The number of carboxylic acids is 4. The average Bonchev–Trinajstić information content (AvgIpc) is 3.49. The van der Waals surface area contributed by atoms with Crippen LogP contribution in [0.15, 0.2) is 95.0 Å². The largest absolute Gasteiger partial charge is 0.478 e. The summed E-state index contributed by atoms with van der Waals surface area (Å²) in [6.07, 6.45) is 10.2. The van der Waals surface area contributed by atoms with Crippen molar-refractivity contribution in [1.29, 1.82) is 0 Å². The van der Waals surface area contributed by atoms with E-state index in [0.717, 1.165) is 40.5 Å². The summed E-state index contributed by atoms with van der Waals surface area (Å²) in [7, 11) is 0. The van der Waals surface area contributed by atoms with Gasteiger partial charge in [0.15, 0.2) is 0 Å². The number of thiocarbonyl (C=S) groups is 1. The quantitative estimate of drug-likeness (QED) is 0.0459. The van der Waals surface area contributed by atoms with E-state index in [-0.39, 0.29) is 0 Å². The van der Waals surface area contributed by atoms with Gasteiger partial charge in [0.2, 0.25) is 0 Å². The number of nitrogens with one attached hydrogen (secondary N) is 2. The molecular weight excluding hydrogens is 584 g/mol. The summed E-state index contributed by atoms with van der Waals surface area (Å²) in [5.74, 6) is -4.47. The highest BCUT2D eigenvalue weighted by atomic mass is 32.1. The van der Waals surface area contributed by atoms with Gasteiger partial charge in [0.25, 0.3) is 0 Å². The number of aliphatic imine (C=N–C) groups is 1. The van der Waals surface area contributed by atoms with Crippen LogP contribution in [0.25, 0.3) is 0 Å². The van der Waals surface area contributed by atoms with Crippen LogP contribution in [0, 0.1) is 0 Å². The molecule has 1 aromatic carbocycles. The number of hydrogen-bond acceptors (Lipinski definition) is 9. The van der Waals surface area contributed by atoms with Gasteiger partial charge in [-0.3, -0.25) is 5.32 Å². The molecule has 0 spiro atoms. The summed E-state index contributed by atoms with van der Waals surface area (Å²) in [6.45, 7) is 1.60. The zero-order chi connectivity index (χ0) is 31.3. The molecule has 8 N–H and O–H groups in total. The highest BCUT2D eigenvalue weighted by molar-refractivity contribution is 7.80. The molecule has 1 aliphatic carbocycles. The van der Waals surface area contributed by atoms with Gasteiger partial charge in [0.05, 0.1) is 17.2 Å². The minimum Gasteiger partial charge on any atom is -0.478 e. The highest BCUT2D eigenvalue weighted by Crippen LogP contribution is 2.16. The number of amidine groups is 1. The monoisotopic (exact) mass is 614 g/mol. The Kier molecular flexibility index (Phi) is 16.7. The van der Waals surface area contributed by atoms with Crippen LogP contribution in [0.1, 0.15) is 16.9 Å². The van der Waals surface area contributed by atoms with Crippen molar-refractivity contribution in [2.45, 2.75) is 12.8 Å². The third-order valence-corrected chi connectivity index (χ3v) is 5.97. The highest BCUT2D eigenvalue weighted by Gasteiger charge is 2.05. The number of nitrogens with two attached hydrogens (primary N) is 1. The lowest BCUT2D eigenvalue weighted by Gasteiger charge is -2.14. The second-order valence-corrected chi connectivity index (χ2v) is 9.34. The summed E-state index contributed by atoms with van der Waals surface area (Å²) >= 11 is 6.91. The van der Waals surface area contributed by atoms with Gasteiger partial charge in [-0.1, -0.05) is 42.6 Å². The van der Waals surface area contributed by atoms with Gasteiger partial charge in [0.1, 0.15) is 5.84 Å². The second-order valence-electron chi connectivity index (χ2n) is 7.90. The molecule has 1 aliphatic rings. The smallest absolute Gasteiger partial charge is 0.328 e. The molecule has 14 heteroatoms. The zero-order valence-electron chi connectivity index (χ0n) is 22.2. The number of allylic oxidation sites excluding steroid dienone is 4. The maximum Gasteiger partial charge on any atom is 0.328 e. The fourth-order valence-corrected chi connectivity index (χ4v) is 3.68. The fraction of sp³-hybridized carbons (Fsp3) is 0.143. The molecule has 0 radical (unpaired) electrons. The van der Waals surface area contributed by atoms with Crippen molar-refractivity contribution in [3.8, 4) is 0 Å². The SMILES string of the molecule is NC(=Nc1ccc(CCNCNC2=CC=CCC2=S)cc1)c1cccs1.O=C(O)/C=C/C(=O)O.O=C(O)/C=C/C(=O)O. The van der Waals surface area contributed by atoms with E-state index in [4.69, 9.17) is 38.4 Å². The molecule has 0 aliphatic heterocycles. The van der Waals surface area contributed by atoms with Crippen molar-refractivity contribution < 1.29 is 39.6 Å². The van der Waals surface area contributed by atoms with Crippen LogP contribution in [0.3, 0.4) is 0 Å². The molecular formula is C28H30N4O8S2. The molecule has 12 nitrogen and oxygen atoms in total. The molecule has 1 heterocycles. The number of carbonyl (C=O) groups is 4. The van der Waals surface area contributed by atoms with Crippen molar-refractivity contribution in [2.75, 3.05) is 13.2 Å². The number of benzene rings is 1. The van der Waals surface area contributed by atoms with Crippen LogP contribution in [0.5, 0.6) is 0 Å². The van der Waals surface area contributed by atoms with E-state index in [1.54, 1.807) is 11.3 Å². The second kappa shape index (κ2) is 20.0. The average molecular weight is 615 g/mol. The fourth-order valence-electron chi connectivity index (χ4n) is 2.82.